The minimum atomic E-state index is -0.346. The number of hydrogen-bond acceptors (Lipinski definition) is 5. The van der Waals surface area contributed by atoms with Crippen molar-refractivity contribution in [1.29, 1.82) is 0 Å². The number of ether oxygens (including phenoxy) is 2. The lowest BCUT2D eigenvalue weighted by atomic mass is 10.1. The van der Waals surface area contributed by atoms with E-state index in [1.807, 2.05) is 31.2 Å². The fraction of sp³-hybridized carbons (Fsp3) is 0.389. The lowest BCUT2D eigenvalue weighted by molar-refractivity contribution is -0.140. The number of aromatic nitrogens is 1. The van der Waals surface area contributed by atoms with Gasteiger partial charge >= 0.3 is 5.97 Å². The van der Waals surface area contributed by atoms with Crippen LogP contribution in [0.15, 0.2) is 30.3 Å². The average Bonchev–Trinajstić information content (AvgIpc) is 2.60. The van der Waals surface area contributed by atoms with Gasteiger partial charge in [0.05, 0.1) is 31.2 Å². The van der Waals surface area contributed by atoms with Crippen molar-refractivity contribution < 1.29 is 19.1 Å². The summed E-state index contributed by atoms with van der Waals surface area (Å²) in [5.74, 6) is -0.487. The lowest BCUT2D eigenvalue weighted by Gasteiger charge is -2.23. The molecule has 2 aromatic rings. The van der Waals surface area contributed by atoms with Crippen molar-refractivity contribution in [2.24, 2.45) is 0 Å². The summed E-state index contributed by atoms with van der Waals surface area (Å²) in [6.45, 7) is 2.94. The molecule has 1 aromatic heterocycles. The van der Waals surface area contributed by atoms with Gasteiger partial charge in [0.2, 0.25) is 0 Å². The van der Waals surface area contributed by atoms with Gasteiger partial charge in [-0.2, -0.15) is 0 Å². The van der Waals surface area contributed by atoms with E-state index in [4.69, 9.17) is 4.74 Å². The molecule has 0 aliphatic rings. The van der Waals surface area contributed by atoms with Gasteiger partial charge in [-0.3, -0.25) is 14.6 Å². The summed E-state index contributed by atoms with van der Waals surface area (Å²) >= 11 is 0. The molecule has 1 amide bonds. The first-order chi connectivity index (χ1) is 11.6. The molecule has 6 heteroatoms. The van der Waals surface area contributed by atoms with Gasteiger partial charge in [0.25, 0.3) is 5.91 Å². The van der Waals surface area contributed by atoms with Crippen LogP contribution in [0.5, 0.6) is 0 Å². The molecule has 1 heterocycles. The van der Waals surface area contributed by atoms with Crippen molar-refractivity contribution in [3.63, 3.8) is 0 Å². The molecule has 6 nitrogen and oxygen atoms in total. The third-order valence-electron chi connectivity index (χ3n) is 3.74. The predicted octanol–water partition coefficient (Wildman–Crippen LogP) is 2.19. The number of esters is 1. The molecule has 0 atom stereocenters. The van der Waals surface area contributed by atoms with Crippen LogP contribution in [0.4, 0.5) is 0 Å². The van der Waals surface area contributed by atoms with E-state index in [9.17, 15) is 9.59 Å². The van der Waals surface area contributed by atoms with E-state index in [2.05, 4.69) is 9.72 Å². The summed E-state index contributed by atoms with van der Waals surface area (Å²) in [5, 5.41) is 0.800. The molecule has 0 aliphatic heterocycles. The Bertz CT molecular complexity index is 730. The Morgan fingerprint density at radius 2 is 1.92 bits per heavy atom. The maximum absolute atomic E-state index is 13.0. The van der Waals surface area contributed by atoms with Crippen molar-refractivity contribution in [2.45, 2.75) is 13.3 Å². The molecular weight excluding hydrogens is 308 g/mol. The van der Waals surface area contributed by atoms with Gasteiger partial charge in [-0.15, -0.1) is 0 Å². The Morgan fingerprint density at radius 3 is 2.62 bits per heavy atom. The molecular formula is C18H22N2O4. The molecule has 0 saturated heterocycles. The van der Waals surface area contributed by atoms with Crippen LogP contribution in [0.25, 0.3) is 10.9 Å². The second-order valence-electron chi connectivity index (χ2n) is 5.44. The van der Waals surface area contributed by atoms with Gasteiger partial charge in [0.15, 0.2) is 0 Å². The van der Waals surface area contributed by atoms with Gasteiger partial charge in [0.1, 0.15) is 0 Å². The zero-order valence-corrected chi connectivity index (χ0v) is 14.2. The molecule has 0 saturated carbocycles. The normalized spacial score (nSPS) is 10.6. The first-order valence-electron chi connectivity index (χ1n) is 7.78. The summed E-state index contributed by atoms with van der Waals surface area (Å²) in [7, 11) is 2.92. The number of benzene rings is 1. The summed E-state index contributed by atoms with van der Waals surface area (Å²) in [6, 6.07) is 9.31. The van der Waals surface area contributed by atoms with Crippen LogP contribution >= 0.6 is 0 Å². The minimum Gasteiger partial charge on any atom is -0.469 e. The minimum absolute atomic E-state index is 0.141. The number of amides is 1. The molecule has 0 unspecified atom stereocenters. The maximum atomic E-state index is 13.0. The van der Waals surface area contributed by atoms with Crippen LogP contribution in [0, 0.1) is 6.92 Å². The summed E-state index contributed by atoms with van der Waals surface area (Å²) in [4.78, 5) is 30.5. The number of carbonyl (C=O) groups excluding carboxylic acids is 2. The first-order valence-corrected chi connectivity index (χ1v) is 7.78. The van der Waals surface area contributed by atoms with Crippen molar-refractivity contribution in [3.05, 3.63) is 41.6 Å². The van der Waals surface area contributed by atoms with E-state index < -0.39 is 0 Å². The van der Waals surface area contributed by atoms with E-state index in [1.165, 1.54) is 7.11 Å². The largest absolute Gasteiger partial charge is 0.469 e. The lowest BCUT2D eigenvalue weighted by Crippen LogP contribution is -2.36. The molecule has 0 spiro atoms. The molecule has 0 fully saturated rings. The van der Waals surface area contributed by atoms with Crippen molar-refractivity contribution >= 4 is 22.8 Å². The third kappa shape index (κ3) is 4.29. The standard InChI is InChI=1S/C18H22N2O4/c1-13-12-15(14-6-4-5-7-16(14)19-13)18(22)20(10-11-23-2)9-8-17(21)24-3/h4-7,12H,8-11H2,1-3H3. The smallest absolute Gasteiger partial charge is 0.307 e. The number of fused-ring (bicyclic) bond motifs is 1. The van der Waals surface area contributed by atoms with E-state index in [-0.39, 0.29) is 24.8 Å². The van der Waals surface area contributed by atoms with Crippen molar-refractivity contribution in [3.8, 4) is 0 Å². The number of pyridine rings is 1. The number of nitrogens with zero attached hydrogens (tertiary/aromatic N) is 2. The summed E-state index contributed by atoms with van der Waals surface area (Å²) in [5.41, 5.74) is 2.14. The SMILES string of the molecule is COCCN(CCC(=O)OC)C(=O)c1cc(C)nc2ccccc12. The Labute approximate surface area is 141 Å². The molecule has 128 valence electrons. The number of rotatable bonds is 7. The molecule has 0 aliphatic carbocycles. The summed E-state index contributed by atoms with van der Waals surface area (Å²) in [6.07, 6.45) is 0.147. The Balaban J connectivity index is 2.32. The zero-order chi connectivity index (χ0) is 17.5. The highest BCUT2D eigenvalue weighted by molar-refractivity contribution is 6.06. The van der Waals surface area contributed by atoms with Crippen LogP contribution in [-0.4, -0.2) is 55.7 Å². The van der Waals surface area contributed by atoms with Crippen LogP contribution < -0.4 is 0 Å². The van der Waals surface area contributed by atoms with Crippen LogP contribution in [0.3, 0.4) is 0 Å². The highest BCUT2D eigenvalue weighted by atomic mass is 16.5. The Kier molecular flexibility index (Phi) is 6.26. The first kappa shape index (κ1) is 17.9. The maximum Gasteiger partial charge on any atom is 0.307 e. The quantitative estimate of drug-likeness (QED) is 0.728. The fourth-order valence-corrected chi connectivity index (χ4v) is 2.50. The monoisotopic (exact) mass is 330 g/mol. The van der Waals surface area contributed by atoms with Gasteiger partial charge < -0.3 is 14.4 Å². The topological polar surface area (TPSA) is 68.7 Å². The van der Waals surface area contributed by atoms with Gasteiger partial charge in [0, 0.05) is 31.3 Å². The van der Waals surface area contributed by atoms with Crippen LogP contribution in [0.1, 0.15) is 22.5 Å². The van der Waals surface area contributed by atoms with Gasteiger partial charge in [-0.1, -0.05) is 18.2 Å². The van der Waals surface area contributed by atoms with Crippen molar-refractivity contribution in [2.75, 3.05) is 33.9 Å². The Morgan fingerprint density at radius 1 is 1.17 bits per heavy atom. The molecule has 2 rings (SSSR count). The second kappa shape index (κ2) is 8.40. The number of methoxy groups -OCH3 is 2. The summed E-state index contributed by atoms with van der Waals surface area (Å²) < 4.78 is 9.74. The molecule has 0 radical (unpaired) electrons. The fourth-order valence-electron chi connectivity index (χ4n) is 2.50. The number of carbonyl (C=O) groups is 2. The van der Waals surface area contributed by atoms with Crippen LogP contribution in [0.2, 0.25) is 0 Å². The van der Waals surface area contributed by atoms with Crippen LogP contribution in [-0.2, 0) is 14.3 Å². The Hall–Kier alpha value is -2.47. The highest BCUT2D eigenvalue weighted by Crippen LogP contribution is 2.20. The number of para-hydroxylation sites is 1. The molecule has 0 bridgehead atoms. The average molecular weight is 330 g/mol. The van der Waals surface area contributed by atoms with E-state index in [0.29, 0.717) is 18.7 Å². The number of hydrogen-bond donors (Lipinski definition) is 0. The van der Waals surface area contributed by atoms with E-state index in [0.717, 1.165) is 16.6 Å². The molecule has 1 aromatic carbocycles. The third-order valence-corrected chi connectivity index (χ3v) is 3.74. The molecule has 0 N–H and O–H groups in total. The zero-order valence-electron chi connectivity index (χ0n) is 14.2. The molecule has 24 heavy (non-hydrogen) atoms. The van der Waals surface area contributed by atoms with E-state index >= 15 is 0 Å². The predicted molar refractivity (Wildman–Crippen MR) is 90.9 cm³/mol. The highest BCUT2D eigenvalue weighted by Gasteiger charge is 2.20. The van der Waals surface area contributed by atoms with Gasteiger partial charge in [-0.25, -0.2) is 0 Å². The van der Waals surface area contributed by atoms with E-state index in [1.54, 1.807) is 18.1 Å². The number of aryl methyl sites for hydroxylation is 1. The van der Waals surface area contributed by atoms with Crippen molar-refractivity contribution in [1.82, 2.24) is 9.88 Å². The second-order valence-corrected chi connectivity index (χ2v) is 5.44. The van der Waals surface area contributed by atoms with Gasteiger partial charge in [-0.05, 0) is 19.1 Å².